The second-order valence-electron chi connectivity index (χ2n) is 9.47. The lowest BCUT2D eigenvalue weighted by molar-refractivity contribution is -0.225. The Morgan fingerprint density at radius 1 is 1.30 bits per heavy atom. The highest BCUT2D eigenvalue weighted by Gasteiger charge is 2.76. The summed E-state index contributed by atoms with van der Waals surface area (Å²) in [4.78, 5) is 23.8. The average Bonchev–Trinajstić information content (AvgIpc) is 2.79. The largest absolute Gasteiger partial charge is 0.479 e. The third-order valence-electron chi connectivity index (χ3n) is 8.55. The fourth-order valence-corrected chi connectivity index (χ4v) is 7.00. The lowest BCUT2D eigenvalue weighted by Gasteiger charge is -2.62. The first-order valence-corrected chi connectivity index (χ1v) is 9.70. The minimum atomic E-state index is -2.00. The molecule has 4 aliphatic carbocycles. The minimum absolute atomic E-state index is 0.123. The number of carbonyl (C=O) groups excluding carboxylic acids is 1. The van der Waals surface area contributed by atoms with Crippen LogP contribution in [-0.4, -0.2) is 44.4 Å². The number of hydrogen-bond acceptors (Lipinski definition) is 4. The normalized spacial score (nSPS) is 54.0. The van der Waals surface area contributed by atoms with Crippen molar-refractivity contribution in [1.29, 1.82) is 0 Å². The topological polar surface area (TPSA) is 94.8 Å². The molecule has 27 heavy (non-hydrogen) atoms. The first kappa shape index (κ1) is 18.8. The molecular formula is C21H27FO5. The van der Waals surface area contributed by atoms with Crippen LogP contribution in [0.15, 0.2) is 23.8 Å². The van der Waals surface area contributed by atoms with Gasteiger partial charge in [0, 0.05) is 16.7 Å². The van der Waals surface area contributed by atoms with Crippen molar-refractivity contribution >= 4 is 11.8 Å². The summed E-state index contributed by atoms with van der Waals surface area (Å²) in [6, 6.07) is 0. The first-order valence-electron chi connectivity index (χ1n) is 9.70. The third-order valence-corrected chi connectivity index (χ3v) is 8.55. The predicted octanol–water partition coefficient (Wildman–Crippen LogP) is 2.42. The van der Waals surface area contributed by atoms with E-state index in [1.54, 1.807) is 26.8 Å². The van der Waals surface area contributed by atoms with Gasteiger partial charge in [0.05, 0.1) is 6.10 Å². The molecule has 148 valence electrons. The van der Waals surface area contributed by atoms with Gasteiger partial charge in [-0.15, -0.1) is 0 Å². The van der Waals surface area contributed by atoms with E-state index >= 15 is 4.39 Å². The van der Waals surface area contributed by atoms with Crippen LogP contribution in [-0.2, 0) is 9.59 Å². The molecule has 6 heteroatoms. The lowest BCUT2D eigenvalue weighted by atomic mass is 9.45. The van der Waals surface area contributed by atoms with Crippen LogP contribution in [0.5, 0.6) is 0 Å². The van der Waals surface area contributed by atoms with Crippen LogP contribution in [0, 0.1) is 28.6 Å². The van der Waals surface area contributed by atoms with Crippen LogP contribution in [0.4, 0.5) is 4.39 Å². The molecule has 0 bridgehead atoms. The summed E-state index contributed by atoms with van der Waals surface area (Å²) in [7, 11) is 0. The van der Waals surface area contributed by atoms with Crippen molar-refractivity contribution in [3.8, 4) is 0 Å². The number of fused-ring (bicyclic) bond motifs is 5. The van der Waals surface area contributed by atoms with Gasteiger partial charge in [-0.05, 0) is 56.6 Å². The fraction of sp³-hybridized carbons (Fsp3) is 0.714. The maximum atomic E-state index is 16.8. The van der Waals surface area contributed by atoms with E-state index in [-0.39, 0.29) is 18.1 Å². The molecule has 0 aromatic heterocycles. The second kappa shape index (κ2) is 5.29. The van der Waals surface area contributed by atoms with E-state index in [0.29, 0.717) is 24.8 Å². The molecule has 0 aromatic rings. The van der Waals surface area contributed by atoms with Crippen LogP contribution < -0.4 is 0 Å². The fourth-order valence-electron chi connectivity index (χ4n) is 7.00. The molecule has 3 fully saturated rings. The molecule has 0 radical (unpaired) electrons. The zero-order chi connectivity index (χ0) is 20.0. The Bertz CT molecular complexity index is 789. The number of rotatable bonds is 1. The first-order chi connectivity index (χ1) is 12.4. The van der Waals surface area contributed by atoms with Gasteiger partial charge in [-0.25, -0.2) is 9.18 Å². The molecule has 5 nitrogen and oxygen atoms in total. The van der Waals surface area contributed by atoms with Crippen LogP contribution >= 0.6 is 0 Å². The molecule has 0 aromatic carbocycles. The molecule has 0 heterocycles. The molecule has 0 aliphatic heterocycles. The zero-order valence-corrected chi connectivity index (χ0v) is 15.9. The number of allylic oxidation sites excluding steroid dienone is 4. The molecule has 0 amide bonds. The number of carboxylic acid groups (broad SMARTS) is 1. The molecule has 0 unspecified atom stereocenters. The number of halogens is 1. The molecule has 3 N–H and O–H groups in total. The smallest absolute Gasteiger partial charge is 0.336 e. The summed E-state index contributed by atoms with van der Waals surface area (Å²) in [5, 5.41) is 31.9. The van der Waals surface area contributed by atoms with E-state index in [1.165, 1.54) is 12.2 Å². The van der Waals surface area contributed by atoms with Crippen molar-refractivity contribution in [2.75, 3.05) is 0 Å². The van der Waals surface area contributed by atoms with Crippen LogP contribution in [0.3, 0.4) is 0 Å². The monoisotopic (exact) mass is 378 g/mol. The maximum Gasteiger partial charge on any atom is 0.336 e. The number of aliphatic carboxylic acids is 1. The average molecular weight is 378 g/mol. The van der Waals surface area contributed by atoms with Gasteiger partial charge in [-0.3, -0.25) is 4.79 Å². The Morgan fingerprint density at radius 2 is 1.96 bits per heavy atom. The molecule has 0 saturated heterocycles. The molecule has 0 spiro atoms. The van der Waals surface area contributed by atoms with Gasteiger partial charge in [0.25, 0.3) is 0 Å². The summed E-state index contributed by atoms with van der Waals surface area (Å²) >= 11 is 0. The Morgan fingerprint density at radius 3 is 2.59 bits per heavy atom. The van der Waals surface area contributed by atoms with Crippen molar-refractivity contribution < 1.29 is 29.3 Å². The van der Waals surface area contributed by atoms with E-state index in [4.69, 9.17) is 0 Å². The number of hydrogen-bond donors (Lipinski definition) is 3. The Hall–Kier alpha value is -1.53. The highest BCUT2D eigenvalue weighted by atomic mass is 19.1. The molecule has 8 atom stereocenters. The van der Waals surface area contributed by atoms with Gasteiger partial charge in [-0.2, -0.15) is 0 Å². The van der Waals surface area contributed by atoms with Crippen molar-refractivity contribution in [3.63, 3.8) is 0 Å². The van der Waals surface area contributed by atoms with Crippen LogP contribution in [0.25, 0.3) is 0 Å². The quantitative estimate of drug-likeness (QED) is 0.651. The Labute approximate surface area is 158 Å². The molecular weight excluding hydrogens is 351 g/mol. The van der Waals surface area contributed by atoms with Gasteiger partial charge in [0.2, 0.25) is 0 Å². The summed E-state index contributed by atoms with van der Waals surface area (Å²) in [6.07, 6.45) is 4.22. The summed E-state index contributed by atoms with van der Waals surface area (Å²) in [5.74, 6) is -2.94. The van der Waals surface area contributed by atoms with E-state index in [1.807, 2.05) is 0 Å². The number of carbonyl (C=O) groups is 2. The lowest BCUT2D eigenvalue weighted by Crippen LogP contribution is -2.69. The molecule has 4 rings (SSSR count). The summed E-state index contributed by atoms with van der Waals surface area (Å²) in [5.41, 5.74) is -5.51. The van der Waals surface area contributed by atoms with E-state index in [0.717, 1.165) is 0 Å². The number of carboxylic acids is 1. The highest BCUT2D eigenvalue weighted by molar-refractivity contribution is 6.01. The zero-order valence-electron chi connectivity index (χ0n) is 15.9. The van der Waals surface area contributed by atoms with E-state index in [2.05, 4.69) is 0 Å². The van der Waals surface area contributed by atoms with Crippen molar-refractivity contribution in [2.45, 2.75) is 63.8 Å². The SMILES string of the molecule is C[C@H]1C[C@H]2[C@@H]3CCC4=CC(=O)C=C[C@]4(C)[C@@]3(F)[C@H](O)C[C@]2(C)[C@@]1(O)C(=O)O. The maximum absolute atomic E-state index is 16.8. The van der Waals surface area contributed by atoms with Crippen molar-refractivity contribution in [3.05, 3.63) is 23.8 Å². The van der Waals surface area contributed by atoms with Gasteiger partial charge in [0.1, 0.15) is 0 Å². The minimum Gasteiger partial charge on any atom is -0.479 e. The number of aliphatic hydroxyl groups excluding tert-OH is 1. The van der Waals surface area contributed by atoms with Crippen molar-refractivity contribution in [1.82, 2.24) is 0 Å². The molecule has 3 saturated carbocycles. The molecule has 4 aliphatic rings. The van der Waals surface area contributed by atoms with E-state index < -0.39 is 46.0 Å². The number of aliphatic hydroxyl groups is 2. The summed E-state index contributed by atoms with van der Waals surface area (Å²) in [6.45, 7) is 5.10. The standard InChI is InChI=1S/C21H27FO5/c1-11-8-15-14-5-4-12-9-13(23)6-7-18(12,2)20(14,22)16(24)10-19(15,3)21(11,27)17(25)26/h6-7,9,11,14-16,24,27H,4-5,8,10H2,1-3H3,(H,25,26)/t11-,14-,15-,16+,18-,19-,20-,21-/m0/s1. The predicted molar refractivity (Wildman–Crippen MR) is 95.5 cm³/mol. The number of ketones is 1. The van der Waals surface area contributed by atoms with Crippen LogP contribution in [0.1, 0.15) is 46.5 Å². The Kier molecular flexibility index (Phi) is 3.69. The highest BCUT2D eigenvalue weighted by Crippen LogP contribution is 2.70. The Balaban J connectivity index is 1.85. The second-order valence-corrected chi connectivity index (χ2v) is 9.47. The van der Waals surface area contributed by atoms with Crippen LogP contribution in [0.2, 0.25) is 0 Å². The van der Waals surface area contributed by atoms with Gasteiger partial charge in [-0.1, -0.05) is 25.5 Å². The van der Waals surface area contributed by atoms with Gasteiger partial charge in [0.15, 0.2) is 17.1 Å². The van der Waals surface area contributed by atoms with Gasteiger partial charge >= 0.3 is 5.97 Å². The number of alkyl halides is 1. The van der Waals surface area contributed by atoms with Gasteiger partial charge < -0.3 is 15.3 Å². The third kappa shape index (κ3) is 1.91. The summed E-state index contributed by atoms with van der Waals surface area (Å²) < 4.78 is 16.8. The van der Waals surface area contributed by atoms with E-state index in [9.17, 15) is 24.9 Å². The van der Waals surface area contributed by atoms with Crippen molar-refractivity contribution in [2.24, 2.45) is 28.6 Å².